The minimum absolute atomic E-state index is 0.117. The third-order valence-electron chi connectivity index (χ3n) is 3.42. The van der Waals surface area contributed by atoms with Gasteiger partial charge in [0.25, 0.3) is 0 Å². The molecule has 0 saturated heterocycles. The summed E-state index contributed by atoms with van der Waals surface area (Å²) in [6.45, 7) is 7.29. The van der Waals surface area contributed by atoms with Crippen molar-refractivity contribution < 1.29 is 4.74 Å². The monoisotopic (exact) mass is 273 g/mol. The average Bonchev–Trinajstić information content (AvgIpc) is 2.80. The molecule has 0 unspecified atom stereocenters. The largest absolute Gasteiger partial charge is 0.495 e. The molecule has 4 nitrogen and oxygen atoms in total. The topological polar surface area (TPSA) is 39.1 Å². The molecule has 4 heteroatoms. The van der Waals surface area contributed by atoms with Crippen molar-refractivity contribution in [3.8, 4) is 5.75 Å². The second-order valence-electron chi connectivity index (χ2n) is 5.97. The lowest BCUT2D eigenvalue weighted by Gasteiger charge is -2.21. The molecule has 2 rings (SSSR count). The van der Waals surface area contributed by atoms with Crippen molar-refractivity contribution in [2.24, 2.45) is 7.05 Å². The number of ether oxygens (including phenoxy) is 1. The van der Waals surface area contributed by atoms with Crippen LogP contribution in [0.2, 0.25) is 0 Å². The van der Waals surface area contributed by atoms with E-state index < -0.39 is 0 Å². The summed E-state index contributed by atoms with van der Waals surface area (Å²) in [7, 11) is 3.69. The summed E-state index contributed by atoms with van der Waals surface area (Å²) in [5.41, 5.74) is 2.40. The van der Waals surface area contributed by atoms with Crippen LogP contribution in [0.15, 0.2) is 30.6 Å². The van der Waals surface area contributed by atoms with Crippen molar-refractivity contribution in [2.45, 2.75) is 32.7 Å². The van der Waals surface area contributed by atoms with E-state index in [0.717, 1.165) is 17.3 Å². The lowest BCUT2D eigenvalue weighted by Crippen LogP contribution is -2.12. The molecule has 0 bridgehead atoms. The molecule has 1 aromatic carbocycles. The fourth-order valence-corrected chi connectivity index (χ4v) is 2.05. The van der Waals surface area contributed by atoms with Crippen LogP contribution < -0.4 is 10.1 Å². The molecule has 0 saturated carbocycles. The van der Waals surface area contributed by atoms with Crippen LogP contribution in [-0.4, -0.2) is 16.7 Å². The Labute approximate surface area is 120 Å². The van der Waals surface area contributed by atoms with Gasteiger partial charge in [0, 0.05) is 19.4 Å². The van der Waals surface area contributed by atoms with Crippen LogP contribution in [0.5, 0.6) is 5.75 Å². The van der Waals surface area contributed by atoms with Gasteiger partial charge in [0.05, 0.1) is 19.3 Å². The number of hydrogen-bond donors (Lipinski definition) is 1. The average molecular weight is 273 g/mol. The lowest BCUT2D eigenvalue weighted by atomic mass is 9.87. The van der Waals surface area contributed by atoms with E-state index in [1.807, 2.05) is 23.9 Å². The van der Waals surface area contributed by atoms with E-state index in [2.05, 4.69) is 43.2 Å². The minimum Gasteiger partial charge on any atom is -0.495 e. The van der Waals surface area contributed by atoms with Crippen LogP contribution in [0.25, 0.3) is 0 Å². The van der Waals surface area contributed by atoms with Crippen molar-refractivity contribution in [1.82, 2.24) is 9.55 Å². The highest BCUT2D eigenvalue weighted by Gasteiger charge is 2.16. The van der Waals surface area contributed by atoms with Gasteiger partial charge < -0.3 is 14.6 Å². The van der Waals surface area contributed by atoms with Crippen LogP contribution >= 0.6 is 0 Å². The van der Waals surface area contributed by atoms with Gasteiger partial charge in [0.15, 0.2) is 0 Å². The number of methoxy groups -OCH3 is 1. The molecular weight excluding hydrogens is 250 g/mol. The third kappa shape index (κ3) is 3.13. The molecule has 0 spiro atoms. The molecule has 1 heterocycles. The molecule has 0 aliphatic heterocycles. The molecule has 1 N–H and O–H groups in total. The van der Waals surface area contributed by atoms with Crippen LogP contribution in [0.1, 0.15) is 32.2 Å². The summed E-state index contributed by atoms with van der Waals surface area (Å²) in [6, 6.07) is 6.29. The molecule has 1 aromatic heterocycles. The molecule has 0 fully saturated rings. The Morgan fingerprint density at radius 2 is 2.05 bits per heavy atom. The number of anilines is 1. The Bertz CT molecular complexity index is 582. The highest BCUT2D eigenvalue weighted by atomic mass is 16.5. The normalized spacial score (nSPS) is 11.4. The molecule has 0 aliphatic carbocycles. The van der Waals surface area contributed by atoms with Gasteiger partial charge in [-0.15, -0.1) is 0 Å². The van der Waals surface area contributed by atoms with Crippen molar-refractivity contribution >= 4 is 5.69 Å². The standard InChI is InChI=1S/C16H23N3O/c1-16(2,3)12-6-7-14(20-5)13(10-12)18-11-15-17-8-9-19(15)4/h6-10,18H,11H2,1-5H3. The Morgan fingerprint density at radius 1 is 1.30 bits per heavy atom. The van der Waals surface area contributed by atoms with Gasteiger partial charge in [0.1, 0.15) is 11.6 Å². The van der Waals surface area contributed by atoms with Gasteiger partial charge in [0.2, 0.25) is 0 Å². The number of nitrogens with zero attached hydrogens (tertiary/aromatic N) is 2. The fourth-order valence-electron chi connectivity index (χ4n) is 2.05. The van der Waals surface area contributed by atoms with Gasteiger partial charge >= 0.3 is 0 Å². The van der Waals surface area contributed by atoms with Crippen LogP contribution in [0.3, 0.4) is 0 Å². The van der Waals surface area contributed by atoms with Gasteiger partial charge in [-0.1, -0.05) is 26.8 Å². The summed E-state index contributed by atoms with van der Waals surface area (Å²) in [4.78, 5) is 4.32. The van der Waals surface area contributed by atoms with E-state index >= 15 is 0 Å². The van der Waals surface area contributed by atoms with Gasteiger partial charge in [-0.2, -0.15) is 0 Å². The highest BCUT2D eigenvalue weighted by Crippen LogP contribution is 2.31. The molecule has 0 aliphatic rings. The molecule has 0 amide bonds. The molecule has 20 heavy (non-hydrogen) atoms. The number of imidazole rings is 1. The number of hydrogen-bond acceptors (Lipinski definition) is 3. The van der Waals surface area contributed by atoms with Crippen LogP contribution in [0, 0.1) is 0 Å². The predicted molar refractivity (Wildman–Crippen MR) is 82.2 cm³/mol. The fraction of sp³-hybridized carbons (Fsp3) is 0.438. The maximum atomic E-state index is 5.42. The minimum atomic E-state index is 0.117. The van der Waals surface area contributed by atoms with Gasteiger partial charge in [-0.25, -0.2) is 4.98 Å². The number of nitrogens with one attached hydrogen (secondary N) is 1. The number of aryl methyl sites for hydroxylation is 1. The van der Waals surface area contributed by atoms with Crippen LogP contribution in [0.4, 0.5) is 5.69 Å². The lowest BCUT2D eigenvalue weighted by molar-refractivity contribution is 0.416. The van der Waals surface area contributed by atoms with E-state index in [1.165, 1.54) is 5.56 Å². The Morgan fingerprint density at radius 3 is 2.60 bits per heavy atom. The number of benzene rings is 1. The quantitative estimate of drug-likeness (QED) is 0.928. The first-order valence-corrected chi connectivity index (χ1v) is 6.80. The van der Waals surface area contributed by atoms with Crippen LogP contribution in [-0.2, 0) is 19.0 Å². The summed E-state index contributed by atoms with van der Waals surface area (Å²) >= 11 is 0. The molecular formula is C16H23N3O. The zero-order chi connectivity index (χ0) is 14.8. The van der Waals surface area contributed by atoms with Gasteiger partial charge in [-0.05, 0) is 23.1 Å². The highest BCUT2D eigenvalue weighted by molar-refractivity contribution is 5.59. The smallest absolute Gasteiger partial charge is 0.141 e. The summed E-state index contributed by atoms with van der Waals surface area (Å²) < 4.78 is 7.43. The van der Waals surface area contributed by atoms with Gasteiger partial charge in [-0.3, -0.25) is 0 Å². The second kappa shape index (κ2) is 5.57. The number of aromatic nitrogens is 2. The summed E-state index contributed by atoms with van der Waals surface area (Å²) in [5, 5.41) is 3.41. The SMILES string of the molecule is COc1ccc(C(C)(C)C)cc1NCc1nccn1C. The van der Waals surface area contributed by atoms with Crippen molar-refractivity contribution in [3.63, 3.8) is 0 Å². The van der Waals surface area contributed by atoms with Crippen molar-refractivity contribution in [1.29, 1.82) is 0 Å². The predicted octanol–water partition coefficient (Wildman–Crippen LogP) is 3.34. The second-order valence-corrected chi connectivity index (χ2v) is 5.97. The van der Waals surface area contributed by atoms with E-state index in [-0.39, 0.29) is 5.41 Å². The van der Waals surface area contributed by atoms with Crippen molar-refractivity contribution in [2.75, 3.05) is 12.4 Å². The van der Waals surface area contributed by atoms with E-state index in [9.17, 15) is 0 Å². The third-order valence-corrected chi connectivity index (χ3v) is 3.42. The first-order chi connectivity index (χ1) is 9.41. The zero-order valence-electron chi connectivity index (χ0n) is 12.9. The zero-order valence-corrected chi connectivity index (χ0v) is 12.9. The van der Waals surface area contributed by atoms with E-state index in [4.69, 9.17) is 4.74 Å². The molecule has 2 aromatic rings. The number of rotatable bonds is 4. The summed E-state index contributed by atoms with van der Waals surface area (Å²) in [6.07, 6.45) is 3.75. The summed E-state index contributed by atoms with van der Waals surface area (Å²) in [5.74, 6) is 1.85. The first kappa shape index (κ1) is 14.4. The Balaban J connectivity index is 2.23. The molecule has 0 radical (unpaired) electrons. The Hall–Kier alpha value is -1.97. The van der Waals surface area contributed by atoms with E-state index in [1.54, 1.807) is 13.3 Å². The maximum absolute atomic E-state index is 5.42. The molecule has 108 valence electrons. The molecule has 0 atom stereocenters. The van der Waals surface area contributed by atoms with Crippen molar-refractivity contribution in [3.05, 3.63) is 42.0 Å². The maximum Gasteiger partial charge on any atom is 0.141 e. The Kier molecular flexibility index (Phi) is 4.02. The van der Waals surface area contributed by atoms with E-state index in [0.29, 0.717) is 6.54 Å². The first-order valence-electron chi connectivity index (χ1n) is 6.80.